The molecule has 1 aliphatic rings. The standard InChI is InChI=1S/C12H13BrN2/c1-7-12-10(4-5-14-7)9-3-2-8(13)6-11(9)15-12/h2-3,6-7,14-15H,4-5H2,1H3. The van der Waals surface area contributed by atoms with Gasteiger partial charge in [-0.25, -0.2) is 0 Å². The summed E-state index contributed by atoms with van der Waals surface area (Å²) in [6, 6.07) is 6.91. The molecule has 1 unspecified atom stereocenters. The van der Waals surface area contributed by atoms with Gasteiger partial charge >= 0.3 is 0 Å². The van der Waals surface area contributed by atoms with Gasteiger partial charge in [0.15, 0.2) is 0 Å². The third kappa shape index (κ3) is 1.42. The van der Waals surface area contributed by atoms with E-state index in [4.69, 9.17) is 0 Å². The highest BCUT2D eigenvalue weighted by Crippen LogP contribution is 2.31. The van der Waals surface area contributed by atoms with Gasteiger partial charge in [-0.3, -0.25) is 0 Å². The molecule has 0 saturated heterocycles. The minimum atomic E-state index is 0.444. The Bertz CT molecular complexity index is 516. The number of halogens is 1. The minimum Gasteiger partial charge on any atom is -0.357 e. The lowest BCUT2D eigenvalue weighted by Gasteiger charge is -2.20. The molecule has 2 N–H and O–H groups in total. The fourth-order valence-electron chi connectivity index (χ4n) is 2.40. The van der Waals surface area contributed by atoms with Gasteiger partial charge in [0, 0.05) is 27.1 Å². The van der Waals surface area contributed by atoms with E-state index in [1.165, 1.54) is 22.2 Å². The summed E-state index contributed by atoms with van der Waals surface area (Å²) in [6.07, 6.45) is 1.13. The van der Waals surface area contributed by atoms with Crippen LogP contribution < -0.4 is 5.32 Å². The van der Waals surface area contributed by atoms with Crippen molar-refractivity contribution in [1.29, 1.82) is 0 Å². The monoisotopic (exact) mass is 264 g/mol. The van der Waals surface area contributed by atoms with E-state index in [1.807, 2.05) is 0 Å². The molecule has 0 saturated carbocycles. The zero-order chi connectivity index (χ0) is 10.4. The molecule has 1 aromatic carbocycles. The first-order valence-electron chi connectivity index (χ1n) is 5.29. The van der Waals surface area contributed by atoms with E-state index in [1.54, 1.807) is 0 Å². The van der Waals surface area contributed by atoms with Crippen LogP contribution in [0.1, 0.15) is 24.2 Å². The second kappa shape index (κ2) is 3.35. The number of rotatable bonds is 0. The fraction of sp³-hybridized carbons (Fsp3) is 0.333. The van der Waals surface area contributed by atoms with Crippen LogP contribution in [0, 0.1) is 0 Å². The van der Waals surface area contributed by atoms with E-state index in [0.717, 1.165) is 17.4 Å². The van der Waals surface area contributed by atoms with Crippen molar-refractivity contribution in [2.24, 2.45) is 0 Å². The third-order valence-corrected chi connectivity index (χ3v) is 3.65. The number of hydrogen-bond donors (Lipinski definition) is 2. The van der Waals surface area contributed by atoms with Crippen molar-refractivity contribution in [3.63, 3.8) is 0 Å². The van der Waals surface area contributed by atoms with Crippen molar-refractivity contribution >= 4 is 26.8 Å². The molecule has 78 valence electrons. The topological polar surface area (TPSA) is 27.8 Å². The normalized spacial score (nSPS) is 20.5. The average molecular weight is 265 g/mol. The maximum atomic E-state index is 3.51. The van der Waals surface area contributed by atoms with E-state index >= 15 is 0 Å². The molecule has 1 atom stereocenters. The largest absolute Gasteiger partial charge is 0.357 e. The van der Waals surface area contributed by atoms with Gasteiger partial charge in [-0.1, -0.05) is 22.0 Å². The molecule has 3 heteroatoms. The van der Waals surface area contributed by atoms with Gasteiger partial charge < -0.3 is 10.3 Å². The molecule has 0 radical (unpaired) electrons. The summed E-state index contributed by atoms with van der Waals surface area (Å²) < 4.78 is 1.13. The minimum absolute atomic E-state index is 0.444. The van der Waals surface area contributed by atoms with E-state index in [2.05, 4.69) is 51.4 Å². The van der Waals surface area contributed by atoms with E-state index in [-0.39, 0.29) is 0 Å². The number of benzene rings is 1. The molecule has 1 aliphatic heterocycles. The van der Waals surface area contributed by atoms with Crippen molar-refractivity contribution in [2.45, 2.75) is 19.4 Å². The van der Waals surface area contributed by atoms with Crippen LogP contribution >= 0.6 is 15.9 Å². The summed E-state index contributed by atoms with van der Waals surface area (Å²) in [6.45, 7) is 3.29. The summed E-state index contributed by atoms with van der Waals surface area (Å²) in [5.74, 6) is 0. The Morgan fingerprint density at radius 3 is 3.13 bits per heavy atom. The lowest BCUT2D eigenvalue weighted by molar-refractivity contribution is 0.533. The molecular weight excluding hydrogens is 252 g/mol. The fourth-order valence-corrected chi connectivity index (χ4v) is 2.76. The number of hydrogen-bond acceptors (Lipinski definition) is 1. The van der Waals surface area contributed by atoms with Crippen LogP contribution in [-0.2, 0) is 6.42 Å². The van der Waals surface area contributed by atoms with Crippen molar-refractivity contribution in [3.05, 3.63) is 33.9 Å². The summed E-state index contributed by atoms with van der Waals surface area (Å²) >= 11 is 3.51. The van der Waals surface area contributed by atoms with Crippen LogP contribution in [0.15, 0.2) is 22.7 Å². The second-order valence-corrected chi connectivity index (χ2v) is 5.05. The number of H-pyrrole nitrogens is 1. The first-order valence-corrected chi connectivity index (χ1v) is 6.08. The number of nitrogens with one attached hydrogen (secondary N) is 2. The van der Waals surface area contributed by atoms with Gasteiger partial charge in [0.2, 0.25) is 0 Å². The molecule has 2 nitrogen and oxygen atoms in total. The Kier molecular flexibility index (Phi) is 2.11. The van der Waals surface area contributed by atoms with Crippen LogP contribution in [0.4, 0.5) is 0 Å². The second-order valence-electron chi connectivity index (χ2n) is 4.13. The Labute approximate surface area is 97.2 Å². The smallest absolute Gasteiger partial charge is 0.0470 e. The van der Waals surface area contributed by atoms with Gasteiger partial charge in [-0.15, -0.1) is 0 Å². The predicted octanol–water partition coefficient (Wildman–Crippen LogP) is 3.14. The molecule has 15 heavy (non-hydrogen) atoms. The van der Waals surface area contributed by atoms with Gasteiger partial charge in [-0.2, -0.15) is 0 Å². The van der Waals surface area contributed by atoms with Gasteiger partial charge in [0.25, 0.3) is 0 Å². The first kappa shape index (κ1) is 9.43. The van der Waals surface area contributed by atoms with E-state index in [0.29, 0.717) is 6.04 Å². The molecule has 0 fully saturated rings. The molecule has 0 amide bonds. The average Bonchev–Trinajstić information content (AvgIpc) is 2.57. The van der Waals surface area contributed by atoms with Gasteiger partial charge in [-0.05, 0) is 37.6 Å². The van der Waals surface area contributed by atoms with E-state index < -0.39 is 0 Å². The SMILES string of the molecule is CC1NCCc2c1[nH]c1cc(Br)ccc21. The maximum absolute atomic E-state index is 3.51. The third-order valence-electron chi connectivity index (χ3n) is 3.16. The quantitative estimate of drug-likeness (QED) is 0.752. The number of aromatic amines is 1. The first-order chi connectivity index (χ1) is 7.25. The highest BCUT2D eigenvalue weighted by molar-refractivity contribution is 9.10. The Hall–Kier alpha value is -0.800. The van der Waals surface area contributed by atoms with Crippen LogP contribution in [0.3, 0.4) is 0 Å². The summed E-state index contributed by atoms with van der Waals surface area (Å²) in [5.41, 5.74) is 4.09. The van der Waals surface area contributed by atoms with Gasteiger partial charge in [0.05, 0.1) is 0 Å². The van der Waals surface area contributed by atoms with Crippen molar-refractivity contribution in [1.82, 2.24) is 10.3 Å². The molecule has 2 aromatic rings. The number of fused-ring (bicyclic) bond motifs is 3. The molecule has 0 bridgehead atoms. The lowest BCUT2D eigenvalue weighted by Crippen LogP contribution is -2.27. The van der Waals surface area contributed by atoms with Gasteiger partial charge in [0.1, 0.15) is 0 Å². The molecule has 0 aliphatic carbocycles. The van der Waals surface area contributed by atoms with Crippen molar-refractivity contribution in [3.8, 4) is 0 Å². The van der Waals surface area contributed by atoms with Crippen LogP contribution in [0.5, 0.6) is 0 Å². The summed E-state index contributed by atoms with van der Waals surface area (Å²) in [7, 11) is 0. The lowest BCUT2D eigenvalue weighted by atomic mass is 10.0. The zero-order valence-corrected chi connectivity index (χ0v) is 10.2. The molecule has 0 spiro atoms. The molecule has 2 heterocycles. The molecule has 3 rings (SSSR count). The summed E-state index contributed by atoms with van der Waals surface area (Å²) in [5, 5.41) is 4.85. The Balaban J connectivity index is 2.30. The van der Waals surface area contributed by atoms with Crippen LogP contribution in [0.2, 0.25) is 0 Å². The highest BCUT2D eigenvalue weighted by Gasteiger charge is 2.20. The molecular formula is C12H13BrN2. The van der Waals surface area contributed by atoms with E-state index in [9.17, 15) is 0 Å². The molecule has 1 aromatic heterocycles. The summed E-state index contributed by atoms with van der Waals surface area (Å²) in [4.78, 5) is 3.51. The van der Waals surface area contributed by atoms with Crippen molar-refractivity contribution < 1.29 is 0 Å². The Morgan fingerprint density at radius 2 is 2.27 bits per heavy atom. The van der Waals surface area contributed by atoms with Crippen LogP contribution in [0.25, 0.3) is 10.9 Å². The predicted molar refractivity (Wildman–Crippen MR) is 66.1 cm³/mol. The highest BCUT2D eigenvalue weighted by atomic mass is 79.9. The zero-order valence-electron chi connectivity index (χ0n) is 8.60. The maximum Gasteiger partial charge on any atom is 0.0470 e. The Morgan fingerprint density at radius 1 is 1.40 bits per heavy atom. The van der Waals surface area contributed by atoms with Crippen LogP contribution in [-0.4, -0.2) is 11.5 Å². The number of aromatic nitrogens is 1. The van der Waals surface area contributed by atoms with Crippen molar-refractivity contribution in [2.75, 3.05) is 6.54 Å².